The van der Waals surface area contributed by atoms with Crippen LogP contribution in [0.4, 0.5) is 0 Å². The van der Waals surface area contributed by atoms with Crippen LogP contribution < -0.4 is 5.32 Å². The van der Waals surface area contributed by atoms with Crippen LogP contribution in [-0.4, -0.2) is 23.0 Å². The van der Waals surface area contributed by atoms with Gasteiger partial charge in [0.15, 0.2) is 0 Å². The molecule has 3 aromatic carbocycles. The summed E-state index contributed by atoms with van der Waals surface area (Å²) < 4.78 is 0. The number of hydrogen-bond donors (Lipinski definition) is 2. The molecule has 0 saturated heterocycles. The van der Waals surface area contributed by atoms with Crippen LogP contribution in [0.1, 0.15) is 36.5 Å². The highest BCUT2D eigenvalue weighted by atomic mass is 16.4. The summed E-state index contributed by atoms with van der Waals surface area (Å²) in [6, 6.07) is 30.1. The lowest BCUT2D eigenvalue weighted by Crippen LogP contribution is -2.47. The summed E-state index contributed by atoms with van der Waals surface area (Å²) in [6.45, 7) is 1.65. The fraction of sp³-hybridized carbons (Fsp3) is 0.222. The third-order valence-electron chi connectivity index (χ3n) is 5.79. The zero-order valence-corrected chi connectivity index (χ0v) is 17.9. The second kappa shape index (κ2) is 10.4. The SMILES string of the molecule is C[C@H](CC#N)[C@@H](NC(=O)CC(c1ccccc1)(c1ccccc1)c1ccccc1)C(=O)O. The highest BCUT2D eigenvalue weighted by Crippen LogP contribution is 2.42. The molecule has 0 aliphatic heterocycles. The summed E-state index contributed by atoms with van der Waals surface area (Å²) in [6.07, 6.45) is 0.0620. The van der Waals surface area contributed by atoms with Crippen molar-refractivity contribution in [3.63, 3.8) is 0 Å². The number of nitriles is 1. The van der Waals surface area contributed by atoms with Crippen LogP contribution in [0.2, 0.25) is 0 Å². The zero-order chi connectivity index (χ0) is 23.0. The summed E-state index contributed by atoms with van der Waals surface area (Å²) in [4.78, 5) is 25.1. The number of benzene rings is 3. The van der Waals surface area contributed by atoms with Gasteiger partial charge in [0.1, 0.15) is 6.04 Å². The van der Waals surface area contributed by atoms with Gasteiger partial charge in [0.2, 0.25) is 5.91 Å². The molecule has 0 fully saturated rings. The first-order valence-electron chi connectivity index (χ1n) is 10.5. The van der Waals surface area contributed by atoms with Gasteiger partial charge in [0.05, 0.1) is 11.5 Å². The maximum atomic E-state index is 13.3. The van der Waals surface area contributed by atoms with Crippen LogP contribution >= 0.6 is 0 Å². The lowest BCUT2D eigenvalue weighted by Gasteiger charge is -2.36. The van der Waals surface area contributed by atoms with E-state index in [4.69, 9.17) is 5.26 Å². The van der Waals surface area contributed by atoms with Gasteiger partial charge in [-0.15, -0.1) is 0 Å². The van der Waals surface area contributed by atoms with E-state index in [2.05, 4.69) is 5.32 Å². The second-order valence-electron chi connectivity index (χ2n) is 7.90. The lowest BCUT2D eigenvalue weighted by molar-refractivity contribution is -0.143. The minimum absolute atomic E-state index is 0.0219. The first kappa shape index (κ1) is 22.8. The van der Waals surface area contributed by atoms with Crippen molar-refractivity contribution in [1.29, 1.82) is 5.26 Å². The highest BCUT2D eigenvalue weighted by Gasteiger charge is 2.39. The largest absolute Gasteiger partial charge is 0.480 e. The van der Waals surface area contributed by atoms with E-state index in [9.17, 15) is 14.7 Å². The fourth-order valence-electron chi connectivity index (χ4n) is 4.15. The third kappa shape index (κ3) is 4.87. The second-order valence-corrected chi connectivity index (χ2v) is 7.90. The highest BCUT2D eigenvalue weighted by molar-refractivity contribution is 5.85. The van der Waals surface area contributed by atoms with Crippen molar-refractivity contribution >= 4 is 11.9 Å². The van der Waals surface area contributed by atoms with Crippen molar-refractivity contribution in [1.82, 2.24) is 5.32 Å². The summed E-state index contributed by atoms with van der Waals surface area (Å²) in [7, 11) is 0. The van der Waals surface area contributed by atoms with Crippen molar-refractivity contribution in [2.24, 2.45) is 5.92 Å². The minimum Gasteiger partial charge on any atom is -0.480 e. The molecule has 0 unspecified atom stereocenters. The van der Waals surface area contributed by atoms with E-state index in [1.807, 2.05) is 97.1 Å². The number of nitrogens with zero attached hydrogens (tertiary/aromatic N) is 1. The van der Waals surface area contributed by atoms with E-state index in [-0.39, 0.29) is 12.8 Å². The quantitative estimate of drug-likeness (QED) is 0.492. The molecule has 3 aromatic rings. The standard InChI is InChI=1S/C27H26N2O3/c1-20(17-18-28)25(26(31)32)29-24(30)19-27(21-11-5-2-6-12-21,22-13-7-3-8-14-22)23-15-9-4-10-16-23/h2-16,20,25H,17,19H2,1H3,(H,29,30)(H,31,32)/t20-,25-/m1/s1. The molecule has 0 radical (unpaired) electrons. The third-order valence-corrected chi connectivity index (χ3v) is 5.79. The number of carboxylic acid groups (broad SMARTS) is 1. The van der Waals surface area contributed by atoms with Crippen LogP contribution in [0, 0.1) is 17.2 Å². The van der Waals surface area contributed by atoms with Crippen LogP contribution in [0.25, 0.3) is 0 Å². The number of amides is 1. The van der Waals surface area contributed by atoms with Gasteiger partial charge in [-0.2, -0.15) is 5.26 Å². The molecule has 0 bridgehead atoms. The average Bonchev–Trinajstić information content (AvgIpc) is 2.82. The van der Waals surface area contributed by atoms with Gasteiger partial charge in [-0.25, -0.2) is 4.79 Å². The number of nitrogens with one attached hydrogen (secondary N) is 1. The maximum absolute atomic E-state index is 13.3. The summed E-state index contributed by atoms with van der Waals surface area (Å²) in [5.41, 5.74) is 1.99. The molecular formula is C27H26N2O3. The summed E-state index contributed by atoms with van der Waals surface area (Å²) >= 11 is 0. The van der Waals surface area contributed by atoms with Crippen molar-refractivity contribution in [3.05, 3.63) is 108 Å². The van der Waals surface area contributed by atoms with Crippen LogP contribution in [0.3, 0.4) is 0 Å². The molecule has 0 spiro atoms. The zero-order valence-electron chi connectivity index (χ0n) is 17.9. The molecule has 0 heterocycles. The van der Waals surface area contributed by atoms with Crippen LogP contribution in [0.15, 0.2) is 91.0 Å². The van der Waals surface area contributed by atoms with Crippen molar-refractivity contribution in [2.45, 2.75) is 31.2 Å². The van der Waals surface area contributed by atoms with Gasteiger partial charge in [0.25, 0.3) is 0 Å². The number of carbonyl (C=O) groups is 2. The lowest BCUT2D eigenvalue weighted by atomic mass is 9.67. The molecule has 0 saturated carbocycles. The topological polar surface area (TPSA) is 90.2 Å². The molecule has 5 nitrogen and oxygen atoms in total. The first-order chi connectivity index (χ1) is 15.5. The molecule has 5 heteroatoms. The Morgan fingerprint density at radius 1 is 0.875 bits per heavy atom. The number of hydrogen-bond acceptors (Lipinski definition) is 3. The summed E-state index contributed by atoms with van der Waals surface area (Å²) in [5.74, 6) is -2.05. The molecule has 0 aromatic heterocycles. The smallest absolute Gasteiger partial charge is 0.326 e. The van der Waals surface area contributed by atoms with E-state index in [1.165, 1.54) is 0 Å². The van der Waals surface area contributed by atoms with E-state index in [0.717, 1.165) is 16.7 Å². The number of aliphatic carboxylic acids is 1. The van der Waals surface area contributed by atoms with E-state index < -0.39 is 29.3 Å². The number of carbonyl (C=O) groups excluding carboxylic acids is 1. The molecule has 162 valence electrons. The molecule has 0 aliphatic rings. The molecular weight excluding hydrogens is 400 g/mol. The van der Waals surface area contributed by atoms with Crippen molar-refractivity contribution < 1.29 is 14.7 Å². The number of carboxylic acids is 1. The molecule has 0 aliphatic carbocycles. The van der Waals surface area contributed by atoms with Gasteiger partial charge >= 0.3 is 5.97 Å². The molecule has 32 heavy (non-hydrogen) atoms. The summed E-state index contributed by atoms with van der Waals surface area (Å²) in [5, 5.41) is 21.3. The van der Waals surface area contributed by atoms with E-state index >= 15 is 0 Å². The predicted octanol–water partition coefficient (Wildman–Crippen LogP) is 4.53. The average molecular weight is 427 g/mol. The van der Waals surface area contributed by atoms with Crippen LogP contribution in [0.5, 0.6) is 0 Å². The Hall–Kier alpha value is -3.91. The van der Waals surface area contributed by atoms with Gasteiger partial charge in [0, 0.05) is 18.8 Å². The predicted molar refractivity (Wildman–Crippen MR) is 123 cm³/mol. The van der Waals surface area contributed by atoms with Gasteiger partial charge in [-0.3, -0.25) is 4.79 Å². The number of rotatable bonds is 9. The Morgan fingerprint density at radius 3 is 1.62 bits per heavy atom. The van der Waals surface area contributed by atoms with Crippen molar-refractivity contribution in [3.8, 4) is 6.07 Å². The normalized spacial score (nSPS) is 12.9. The molecule has 2 atom stereocenters. The Balaban J connectivity index is 2.10. The van der Waals surface area contributed by atoms with E-state index in [0.29, 0.717) is 0 Å². The van der Waals surface area contributed by atoms with Gasteiger partial charge in [-0.05, 0) is 16.7 Å². The van der Waals surface area contributed by atoms with Gasteiger partial charge in [-0.1, -0.05) is 97.9 Å². The van der Waals surface area contributed by atoms with Crippen LogP contribution in [-0.2, 0) is 15.0 Å². The van der Waals surface area contributed by atoms with Crippen molar-refractivity contribution in [2.75, 3.05) is 0 Å². The fourth-order valence-corrected chi connectivity index (χ4v) is 4.15. The molecule has 3 rings (SSSR count). The van der Waals surface area contributed by atoms with Gasteiger partial charge < -0.3 is 10.4 Å². The Morgan fingerprint density at radius 2 is 1.28 bits per heavy atom. The Bertz CT molecular complexity index is 979. The Labute approximate surface area is 188 Å². The minimum atomic E-state index is -1.15. The molecule has 2 N–H and O–H groups in total. The maximum Gasteiger partial charge on any atom is 0.326 e. The first-order valence-corrected chi connectivity index (χ1v) is 10.5. The Kier molecular flexibility index (Phi) is 7.41. The van der Waals surface area contributed by atoms with E-state index in [1.54, 1.807) is 6.92 Å². The molecule has 1 amide bonds. The monoisotopic (exact) mass is 426 g/mol.